The Labute approximate surface area is 82.5 Å². The first kappa shape index (κ1) is 8.76. The maximum Gasteiger partial charge on any atom is 0.300 e. The van der Waals surface area contributed by atoms with Gasteiger partial charge in [-0.15, -0.1) is 11.3 Å². The fourth-order valence-electron chi connectivity index (χ4n) is 1.33. The highest BCUT2D eigenvalue weighted by Crippen LogP contribution is 2.40. The van der Waals surface area contributed by atoms with Crippen molar-refractivity contribution in [3.05, 3.63) is 27.6 Å². The lowest BCUT2D eigenvalue weighted by molar-refractivity contribution is -0.382. The number of nitro groups is 1. The molecule has 5 nitrogen and oxygen atoms in total. The van der Waals surface area contributed by atoms with Crippen molar-refractivity contribution in [1.29, 1.82) is 0 Å². The average molecular weight is 210 g/mol. The van der Waals surface area contributed by atoms with Crippen LogP contribution in [0.3, 0.4) is 0 Å². The van der Waals surface area contributed by atoms with Gasteiger partial charge in [0.15, 0.2) is 0 Å². The molecule has 1 aromatic carbocycles. The van der Waals surface area contributed by atoms with Crippen molar-refractivity contribution in [2.24, 2.45) is 0 Å². The van der Waals surface area contributed by atoms with Gasteiger partial charge in [-0.05, 0) is 11.4 Å². The summed E-state index contributed by atoms with van der Waals surface area (Å²) in [5.74, 6) is -0.0156. The molecule has 3 N–H and O–H groups in total. The van der Waals surface area contributed by atoms with E-state index in [1.807, 2.05) is 0 Å². The van der Waals surface area contributed by atoms with Gasteiger partial charge in [-0.1, -0.05) is 0 Å². The summed E-state index contributed by atoms with van der Waals surface area (Å²) < 4.78 is 0.492. The smallest absolute Gasteiger partial charge is 0.300 e. The predicted molar refractivity (Wildman–Crippen MR) is 54.6 cm³/mol. The summed E-state index contributed by atoms with van der Waals surface area (Å²) >= 11 is 1.24. The van der Waals surface area contributed by atoms with Gasteiger partial charge >= 0.3 is 5.69 Å². The number of nitro benzene ring substituents is 1. The molecule has 1 aromatic heterocycles. The third-order valence-electron chi connectivity index (χ3n) is 1.90. The lowest BCUT2D eigenvalue weighted by atomic mass is 10.2. The third kappa shape index (κ3) is 1.08. The largest absolute Gasteiger partial charge is 0.506 e. The Hall–Kier alpha value is -1.82. The van der Waals surface area contributed by atoms with E-state index in [9.17, 15) is 15.2 Å². The van der Waals surface area contributed by atoms with Gasteiger partial charge in [-0.2, -0.15) is 0 Å². The van der Waals surface area contributed by atoms with Crippen molar-refractivity contribution in [2.75, 3.05) is 5.73 Å². The van der Waals surface area contributed by atoms with Gasteiger partial charge in [0.2, 0.25) is 0 Å². The zero-order valence-electron chi connectivity index (χ0n) is 6.93. The highest BCUT2D eigenvalue weighted by atomic mass is 32.1. The number of thiophene rings is 1. The highest BCUT2D eigenvalue weighted by molar-refractivity contribution is 7.17. The summed E-state index contributed by atoms with van der Waals surface area (Å²) in [7, 11) is 0. The summed E-state index contributed by atoms with van der Waals surface area (Å²) in [6, 6.07) is 2.78. The van der Waals surface area contributed by atoms with Crippen molar-refractivity contribution < 1.29 is 10.0 Å². The van der Waals surface area contributed by atoms with Crippen molar-refractivity contribution in [3.8, 4) is 5.75 Å². The number of rotatable bonds is 1. The number of phenolic OH excluding ortho intramolecular Hbond substituents is 1. The molecule has 0 aliphatic heterocycles. The van der Waals surface area contributed by atoms with Gasteiger partial charge in [0, 0.05) is 6.07 Å². The minimum absolute atomic E-state index is 0.0154. The van der Waals surface area contributed by atoms with Crippen LogP contribution in [0.15, 0.2) is 17.5 Å². The van der Waals surface area contributed by atoms with Gasteiger partial charge in [-0.25, -0.2) is 0 Å². The van der Waals surface area contributed by atoms with Crippen LogP contribution in [0.1, 0.15) is 0 Å². The van der Waals surface area contributed by atoms with Crippen LogP contribution in [0.25, 0.3) is 10.1 Å². The number of hydrogen-bond donors (Lipinski definition) is 2. The average Bonchev–Trinajstić information content (AvgIpc) is 2.51. The quantitative estimate of drug-likeness (QED) is 0.428. The van der Waals surface area contributed by atoms with E-state index in [0.717, 1.165) is 0 Å². The van der Waals surface area contributed by atoms with Crippen LogP contribution < -0.4 is 5.73 Å². The van der Waals surface area contributed by atoms with Crippen LogP contribution >= 0.6 is 11.3 Å². The lowest BCUT2D eigenvalue weighted by Gasteiger charge is -2.00. The molecule has 1 heterocycles. The molecule has 0 atom stereocenters. The molecule has 0 bridgehead atoms. The minimum Gasteiger partial charge on any atom is -0.506 e. The summed E-state index contributed by atoms with van der Waals surface area (Å²) in [6.07, 6.45) is 0. The van der Waals surface area contributed by atoms with E-state index >= 15 is 0 Å². The van der Waals surface area contributed by atoms with Gasteiger partial charge in [-0.3, -0.25) is 10.1 Å². The van der Waals surface area contributed by atoms with Crippen molar-refractivity contribution in [2.45, 2.75) is 0 Å². The Morgan fingerprint density at radius 2 is 2.29 bits per heavy atom. The molecule has 0 amide bonds. The van der Waals surface area contributed by atoms with Gasteiger partial charge < -0.3 is 10.8 Å². The first-order valence-corrected chi connectivity index (χ1v) is 4.62. The minimum atomic E-state index is -0.538. The zero-order chi connectivity index (χ0) is 10.3. The van der Waals surface area contributed by atoms with Crippen LogP contribution in [-0.4, -0.2) is 10.0 Å². The van der Waals surface area contributed by atoms with Crippen LogP contribution in [0, 0.1) is 10.1 Å². The SMILES string of the molecule is Nc1cc(O)c2sccc2c1[N+](=O)[O-]. The van der Waals surface area contributed by atoms with Gasteiger partial charge in [0.05, 0.1) is 15.0 Å². The number of benzene rings is 1. The summed E-state index contributed by atoms with van der Waals surface area (Å²) in [5, 5.41) is 22.2. The second kappa shape index (κ2) is 2.85. The molecule has 0 radical (unpaired) electrons. The predicted octanol–water partition coefficient (Wildman–Crippen LogP) is 2.10. The molecular formula is C8H6N2O3S. The standard InChI is InChI=1S/C8H6N2O3S/c9-5-3-6(11)8-4(1-2-14-8)7(5)10(12)13/h1-3,11H,9H2. The molecular weight excluding hydrogens is 204 g/mol. The van der Waals surface area contributed by atoms with E-state index in [4.69, 9.17) is 5.73 Å². The summed E-state index contributed by atoms with van der Waals surface area (Å²) in [4.78, 5) is 10.2. The maximum absolute atomic E-state index is 10.7. The molecule has 0 aliphatic rings. The number of aromatic hydroxyl groups is 1. The van der Waals surface area contributed by atoms with Gasteiger partial charge in [0.25, 0.3) is 0 Å². The number of nitrogen functional groups attached to an aromatic ring is 1. The zero-order valence-corrected chi connectivity index (χ0v) is 7.75. The van der Waals surface area contributed by atoms with Crippen molar-refractivity contribution in [3.63, 3.8) is 0 Å². The van der Waals surface area contributed by atoms with Crippen LogP contribution in [0.5, 0.6) is 5.75 Å². The molecule has 2 rings (SSSR count). The van der Waals surface area contributed by atoms with Crippen molar-refractivity contribution in [1.82, 2.24) is 0 Å². The first-order valence-electron chi connectivity index (χ1n) is 3.74. The Kier molecular flexibility index (Phi) is 1.78. The molecule has 0 aliphatic carbocycles. The molecule has 0 fully saturated rings. The number of anilines is 1. The Balaban J connectivity index is 2.93. The first-order chi connectivity index (χ1) is 6.61. The third-order valence-corrected chi connectivity index (χ3v) is 2.84. The fraction of sp³-hybridized carbons (Fsp3) is 0. The van der Waals surface area contributed by atoms with E-state index in [1.165, 1.54) is 17.4 Å². The monoisotopic (exact) mass is 210 g/mol. The molecule has 14 heavy (non-hydrogen) atoms. The maximum atomic E-state index is 10.7. The van der Waals surface area contributed by atoms with E-state index in [2.05, 4.69) is 0 Å². The summed E-state index contributed by atoms with van der Waals surface area (Å²) in [6.45, 7) is 0. The molecule has 0 saturated carbocycles. The molecule has 2 aromatic rings. The van der Waals surface area contributed by atoms with E-state index in [0.29, 0.717) is 10.1 Å². The van der Waals surface area contributed by atoms with E-state index in [1.54, 1.807) is 11.4 Å². The normalized spacial score (nSPS) is 10.6. The van der Waals surface area contributed by atoms with E-state index in [-0.39, 0.29) is 17.1 Å². The molecule has 0 spiro atoms. The Morgan fingerprint density at radius 3 is 2.93 bits per heavy atom. The number of nitrogens with zero attached hydrogens (tertiary/aromatic N) is 1. The fourth-order valence-corrected chi connectivity index (χ4v) is 2.15. The van der Waals surface area contributed by atoms with Crippen LogP contribution in [0.4, 0.5) is 11.4 Å². The highest BCUT2D eigenvalue weighted by Gasteiger charge is 2.19. The van der Waals surface area contributed by atoms with Gasteiger partial charge in [0.1, 0.15) is 11.4 Å². The number of hydrogen-bond acceptors (Lipinski definition) is 5. The lowest BCUT2D eigenvalue weighted by Crippen LogP contribution is -1.95. The number of nitrogens with two attached hydrogens (primary N) is 1. The number of phenols is 1. The number of fused-ring (bicyclic) bond motifs is 1. The molecule has 72 valence electrons. The van der Waals surface area contributed by atoms with Crippen LogP contribution in [0.2, 0.25) is 0 Å². The van der Waals surface area contributed by atoms with Crippen molar-refractivity contribution >= 4 is 32.8 Å². The Morgan fingerprint density at radius 1 is 1.57 bits per heavy atom. The molecule has 6 heteroatoms. The second-order valence-corrected chi connectivity index (χ2v) is 3.67. The second-order valence-electron chi connectivity index (χ2n) is 2.75. The van der Waals surface area contributed by atoms with Crippen LogP contribution in [-0.2, 0) is 0 Å². The summed E-state index contributed by atoms with van der Waals surface area (Å²) in [5.41, 5.74) is 5.30. The Bertz CT molecular complexity index is 521. The molecule has 0 unspecified atom stereocenters. The topological polar surface area (TPSA) is 89.4 Å². The van der Waals surface area contributed by atoms with E-state index < -0.39 is 4.92 Å². The molecule has 0 saturated heterocycles.